The molecule has 0 saturated carbocycles. The molecule has 0 bridgehead atoms. The van der Waals surface area contributed by atoms with Crippen LogP contribution in [0.2, 0.25) is 0 Å². The van der Waals surface area contributed by atoms with Crippen LogP contribution in [0.3, 0.4) is 0 Å². The third-order valence-electron chi connectivity index (χ3n) is 4.21. The van der Waals surface area contributed by atoms with Crippen molar-refractivity contribution in [3.63, 3.8) is 0 Å². The molecule has 0 aliphatic heterocycles. The smallest absolute Gasteiger partial charge is 0.276 e. The number of carbonyl (C=O) groups excluding carboxylic acids is 1. The Morgan fingerprint density at radius 3 is 2.59 bits per heavy atom. The second-order valence-corrected chi connectivity index (χ2v) is 6.20. The van der Waals surface area contributed by atoms with Gasteiger partial charge in [0.05, 0.1) is 23.6 Å². The summed E-state index contributed by atoms with van der Waals surface area (Å²) in [5.74, 6) is 0.943. The molecule has 136 valence electrons. The molecule has 1 amide bonds. The SMILES string of the molecule is CN(C)c1ncc(-c2ncc(C(=O)N(C)c3cccnc3)n2C)cc1C#N. The molecule has 0 aliphatic rings. The number of imidazole rings is 1. The predicted molar refractivity (Wildman–Crippen MR) is 102 cm³/mol. The van der Waals surface area contributed by atoms with Crippen LogP contribution < -0.4 is 9.80 Å². The lowest BCUT2D eigenvalue weighted by Crippen LogP contribution is -2.28. The minimum Gasteiger partial charge on any atom is -0.362 e. The van der Waals surface area contributed by atoms with Crippen LogP contribution in [0.1, 0.15) is 16.1 Å². The maximum atomic E-state index is 12.8. The number of amides is 1. The molecule has 0 unspecified atom stereocenters. The van der Waals surface area contributed by atoms with Gasteiger partial charge in [-0.25, -0.2) is 9.97 Å². The first-order chi connectivity index (χ1) is 12.9. The zero-order chi connectivity index (χ0) is 19.6. The fourth-order valence-corrected chi connectivity index (χ4v) is 2.74. The Morgan fingerprint density at radius 1 is 1.19 bits per heavy atom. The average Bonchev–Trinajstić information content (AvgIpc) is 3.08. The number of carbonyl (C=O) groups is 1. The van der Waals surface area contributed by atoms with E-state index in [1.807, 2.05) is 20.2 Å². The van der Waals surface area contributed by atoms with Crippen molar-refractivity contribution in [1.29, 1.82) is 5.26 Å². The first kappa shape index (κ1) is 18.1. The first-order valence-electron chi connectivity index (χ1n) is 8.21. The highest BCUT2D eigenvalue weighted by molar-refractivity contribution is 6.04. The Balaban J connectivity index is 1.96. The second kappa shape index (κ2) is 7.25. The van der Waals surface area contributed by atoms with E-state index in [2.05, 4.69) is 21.0 Å². The van der Waals surface area contributed by atoms with Gasteiger partial charge in [-0.3, -0.25) is 9.78 Å². The summed E-state index contributed by atoms with van der Waals surface area (Å²) in [6.45, 7) is 0. The van der Waals surface area contributed by atoms with E-state index in [0.717, 1.165) is 0 Å². The van der Waals surface area contributed by atoms with Crippen LogP contribution in [0.5, 0.6) is 0 Å². The number of nitrogens with zero attached hydrogens (tertiary/aromatic N) is 7. The topological polar surface area (TPSA) is 90.9 Å². The van der Waals surface area contributed by atoms with Crippen LogP contribution in [-0.2, 0) is 7.05 Å². The molecule has 3 heterocycles. The molecule has 0 saturated heterocycles. The lowest BCUT2D eigenvalue weighted by Gasteiger charge is -2.17. The molecule has 0 aromatic carbocycles. The summed E-state index contributed by atoms with van der Waals surface area (Å²) in [5.41, 5.74) is 2.23. The van der Waals surface area contributed by atoms with Gasteiger partial charge in [0.1, 0.15) is 23.4 Å². The molecule has 8 nitrogen and oxygen atoms in total. The quantitative estimate of drug-likeness (QED) is 0.707. The standard InChI is InChI=1S/C19H19N7O/c1-24(2)17-13(9-20)8-14(10-22-17)18-23-12-16(26(18)4)19(27)25(3)15-6-5-7-21-11-15/h5-8,10-12H,1-4H3. The molecule has 3 aromatic heterocycles. The highest BCUT2D eigenvalue weighted by Crippen LogP contribution is 2.24. The fourth-order valence-electron chi connectivity index (χ4n) is 2.74. The third-order valence-corrected chi connectivity index (χ3v) is 4.21. The summed E-state index contributed by atoms with van der Waals surface area (Å²) in [6.07, 6.45) is 6.45. The van der Waals surface area contributed by atoms with Crippen LogP contribution in [0, 0.1) is 11.3 Å². The Hall–Kier alpha value is -3.73. The van der Waals surface area contributed by atoms with Crippen LogP contribution >= 0.6 is 0 Å². The molecule has 0 atom stereocenters. The molecule has 0 spiro atoms. The van der Waals surface area contributed by atoms with E-state index in [9.17, 15) is 10.1 Å². The van der Waals surface area contributed by atoms with Crippen molar-refractivity contribution in [2.45, 2.75) is 0 Å². The van der Waals surface area contributed by atoms with Crippen molar-refractivity contribution in [1.82, 2.24) is 19.5 Å². The molecule has 27 heavy (non-hydrogen) atoms. The van der Waals surface area contributed by atoms with E-state index >= 15 is 0 Å². The fraction of sp³-hybridized carbons (Fsp3) is 0.211. The van der Waals surface area contributed by atoms with Gasteiger partial charge in [-0.2, -0.15) is 5.26 Å². The molecule has 3 rings (SSSR count). The number of aromatic nitrogens is 4. The van der Waals surface area contributed by atoms with Crippen molar-refractivity contribution in [3.05, 3.63) is 54.2 Å². The van der Waals surface area contributed by atoms with Crippen molar-refractivity contribution in [2.75, 3.05) is 30.9 Å². The van der Waals surface area contributed by atoms with Crippen LogP contribution in [0.4, 0.5) is 11.5 Å². The minimum atomic E-state index is -0.206. The maximum Gasteiger partial charge on any atom is 0.276 e. The van der Waals surface area contributed by atoms with Gasteiger partial charge in [0.25, 0.3) is 5.91 Å². The summed E-state index contributed by atoms with van der Waals surface area (Å²) < 4.78 is 1.70. The largest absolute Gasteiger partial charge is 0.362 e. The van der Waals surface area contributed by atoms with E-state index in [1.54, 1.807) is 54.3 Å². The van der Waals surface area contributed by atoms with E-state index in [4.69, 9.17) is 0 Å². The van der Waals surface area contributed by atoms with Gasteiger partial charge >= 0.3 is 0 Å². The molecular formula is C19H19N7O. The Labute approximate surface area is 157 Å². The number of pyridine rings is 2. The van der Waals surface area contributed by atoms with Crippen LogP contribution in [-0.4, -0.2) is 46.6 Å². The van der Waals surface area contributed by atoms with E-state index < -0.39 is 0 Å². The number of anilines is 2. The molecule has 8 heteroatoms. The number of hydrogen-bond donors (Lipinski definition) is 0. The number of rotatable bonds is 4. The number of nitriles is 1. The van der Waals surface area contributed by atoms with Crippen molar-refractivity contribution in [3.8, 4) is 17.5 Å². The zero-order valence-corrected chi connectivity index (χ0v) is 15.6. The normalized spacial score (nSPS) is 10.3. The Bertz CT molecular complexity index is 1020. The summed E-state index contributed by atoms with van der Waals surface area (Å²) in [7, 11) is 7.11. The summed E-state index contributed by atoms with van der Waals surface area (Å²) >= 11 is 0. The highest BCUT2D eigenvalue weighted by atomic mass is 16.2. The van der Waals surface area contributed by atoms with Gasteiger partial charge in [-0.05, 0) is 18.2 Å². The monoisotopic (exact) mass is 361 g/mol. The van der Waals surface area contributed by atoms with Gasteiger partial charge in [0.15, 0.2) is 0 Å². The first-order valence-corrected chi connectivity index (χ1v) is 8.21. The zero-order valence-electron chi connectivity index (χ0n) is 15.6. The average molecular weight is 361 g/mol. The van der Waals surface area contributed by atoms with Crippen LogP contribution in [0.25, 0.3) is 11.4 Å². The highest BCUT2D eigenvalue weighted by Gasteiger charge is 2.20. The van der Waals surface area contributed by atoms with Gasteiger partial charge in [-0.1, -0.05) is 0 Å². The molecule has 0 aliphatic carbocycles. The summed E-state index contributed by atoms with van der Waals surface area (Å²) in [4.78, 5) is 28.9. The van der Waals surface area contributed by atoms with Crippen molar-refractivity contribution < 1.29 is 4.79 Å². The molecule has 0 N–H and O–H groups in total. The van der Waals surface area contributed by atoms with Gasteiger partial charge in [0, 0.05) is 46.1 Å². The Morgan fingerprint density at radius 2 is 1.96 bits per heavy atom. The van der Waals surface area contributed by atoms with E-state index in [0.29, 0.717) is 34.2 Å². The predicted octanol–water partition coefficient (Wildman–Crippen LogP) is 2.09. The maximum absolute atomic E-state index is 12.8. The lowest BCUT2D eigenvalue weighted by atomic mass is 10.2. The van der Waals surface area contributed by atoms with Crippen LogP contribution in [0.15, 0.2) is 43.0 Å². The lowest BCUT2D eigenvalue weighted by molar-refractivity contribution is 0.0985. The summed E-state index contributed by atoms with van der Waals surface area (Å²) in [6, 6.07) is 7.46. The molecule has 0 fully saturated rings. The van der Waals surface area contributed by atoms with Gasteiger partial charge in [0.2, 0.25) is 0 Å². The second-order valence-electron chi connectivity index (χ2n) is 6.20. The van der Waals surface area contributed by atoms with E-state index in [-0.39, 0.29) is 5.91 Å². The van der Waals surface area contributed by atoms with Crippen molar-refractivity contribution >= 4 is 17.4 Å². The summed E-state index contributed by atoms with van der Waals surface area (Å²) in [5, 5.41) is 9.39. The minimum absolute atomic E-state index is 0.206. The molecule has 3 aromatic rings. The van der Waals surface area contributed by atoms with Gasteiger partial charge in [-0.15, -0.1) is 0 Å². The molecule has 0 radical (unpaired) electrons. The number of hydrogen-bond acceptors (Lipinski definition) is 6. The third kappa shape index (κ3) is 3.35. The molecular weight excluding hydrogens is 342 g/mol. The Kier molecular flexibility index (Phi) is 4.86. The van der Waals surface area contributed by atoms with Crippen molar-refractivity contribution in [2.24, 2.45) is 7.05 Å². The van der Waals surface area contributed by atoms with E-state index in [1.165, 1.54) is 11.1 Å². The van der Waals surface area contributed by atoms with Gasteiger partial charge < -0.3 is 14.4 Å².